The number of carbonyl (C=O) groups is 3. The van der Waals surface area contributed by atoms with Gasteiger partial charge in [-0.3, -0.25) is 14.4 Å². The number of aryl methyl sites for hydroxylation is 2. The number of benzene rings is 1. The summed E-state index contributed by atoms with van der Waals surface area (Å²) in [5, 5.41) is 20.5. The van der Waals surface area contributed by atoms with Gasteiger partial charge in [0.15, 0.2) is 0 Å². The van der Waals surface area contributed by atoms with Crippen LogP contribution in [0.2, 0.25) is 0 Å². The summed E-state index contributed by atoms with van der Waals surface area (Å²) in [6, 6.07) is 1.95. The molecule has 0 aliphatic heterocycles. The number of rotatable bonds is 7. The second kappa shape index (κ2) is 7.96. The van der Waals surface area contributed by atoms with Crippen LogP contribution in [0.4, 0.5) is 5.69 Å². The maximum atomic E-state index is 12.1. The normalized spacial score (nSPS) is 10.3. The first-order valence-corrected chi connectivity index (χ1v) is 7.64. The third kappa shape index (κ3) is 5.24. The lowest BCUT2D eigenvalue weighted by Crippen LogP contribution is -2.42. The number of hydrogen-bond donors (Lipinski definition) is 3. The molecule has 3 N–H and O–H groups in total. The molecule has 7 nitrogen and oxygen atoms in total. The van der Waals surface area contributed by atoms with Gasteiger partial charge in [-0.05, 0) is 37.5 Å². The molecule has 8 heteroatoms. The van der Waals surface area contributed by atoms with E-state index >= 15 is 0 Å². The van der Waals surface area contributed by atoms with Gasteiger partial charge < -0.3 is 20.4 Å². The quantitative estimate of drug-likeness (QED) is 0.659. The van der Waals surface area contributed by atoms with Crippen LogP contribution in [0.3, 0.4) is 0 Å². The lowest BCUT2D eigenvalue weighted by atomic mass is 10.1. The van der Waals surface area contributed by atoms with Gasteiger partial charge in [-0.1, -0.05) is 22.0 Å². The van der Waals surface area contributed by atoms with Crippen molar-refractivity contribution in [2.75, 3.05) is 25.0 Å². The molecule has 126 valence electrons. The Kier molecular flexibility index (Phi) is 6.56. The molecule has 0 heterocycles. The van der Waals surface area contributed by atoms with Crippen LogP contribution in [0.5, 0.6) is 0 Å². The van der Waals surface area contributed by atoms with Crippen molar-refractivity contribution in [2.45, 2.75) is 20.8 Å². The average molecular weight is 387 g/mol. The molecule has 0 aliphatic carbocycles. The van der Waals surface area contributed by atoms with Crippen molar-refractivity contribution in [3.63, 3.8) is 0 Å². The Morgan fingerprint density at radius 2 is 1.61 bits per heavy atom. The third-order valence-corrected chi connectivity index (χ3v) is 4.52. The largest absolute Gasteiger partial charge is 0.480 e. The van der Waals surface area contributed by atoms with E-state index in [9.17, 15) is 14.4 Å². The van der Waals surface area contributed by atoms with E-state index in [2.05, 4.69) is 21.2 Å². The number of halogens is 1. The van der Waals surface area contributed by atoms with E-state index in [0.29, 0.717) is 0 Å². The molecular formula is C15H19BrN2O5. The van der Waals surface area contributed by atoms with Gasteiger partial charge in [-0.15, -0.1) is 0 Å². The minimum absolute atomic E-state index is 0.183. The average Bonchev–Trinajstić information content (AvgIpc) is 2.42. The lowest BCUT2D eigenvalue weighted by Gasteiger charge is -2.21. The molecule has 1 amide bonds. The Hall–Kier alpha value is -2.09. The van der Waals surface area contributed by atoms with E-state index in [0.717, 1.165) is 31.8 Å². The van der Waals surface area contributed by atoms with Crippen LogP contribution in [0.15, 0.2) is 10.5 Å². The SMILES string of the molecule is Cc1cc(C)c(NCC(=O)N(CC(=O)O)CC(=O)O)c(C)c1Br. The van der Waals surface area contributed by atoms with Crippen molar-refractivity contribution in [3.05, 3.63) is 27.2 Å². The molecular weight excluding hydrogens is 368 g/mol. The minimum Gasteiger partial charge on any atom is -0.480 e. The number of carboxylic acid groups (broad SMARTS) is 2. The highest BCUT2D eigenvalue weighted by atomic mass is 79.9. The first kappa shape index (κ1) is 19.0. The van der Waals surface area contributed by atoms with E-state index < -0.39 is 30.9 Å². The topological polar surface area (TPSA) is 107 Å². The van der Waals surface area contributed by atoms with Crippen LogP contribution in [0.1, 0.15) is 16.7 Å². The molecule has 0 fully saturated rings. The summed E-state index contributed by atoms with van der Waals surface area (Å²) in [7, 11) is 0. The fourth-order valence-electron chi connectivity index (χ4n) is 2.27. The molecule has 0 unspecified atom stereocenters. The van der Waals surface area contributed by atoms with Gasteiger partial charge in [0, 0.05) is 10.2 Å². The zero-order valence-electron chi connectivity index (χ0n) is 13.1. The van der Waals surface area contributed by atoms with E-state index in [4.69, 9.17) is 10.2 Å². The van der Waals surface area contributed by atoms with Crippen molar-refractivity contribution >= 4 is 39.5 Å². The van der Waals surface area contributed by atoms with Gasteiger partial charge in [0.25, 0.3) is 0 Å². The predicted octanol–water partition coefficient (Wildman–Crippen LogP) is 1.78. The molecule has 1 aromatic carbocycles. The zero-order valence-corrected chi connectivity index (χ0v) is 14.7. The van der Waals surface area contributed by atoms with Crippen LogP contribution in [-0.4, -0.2) is 52.6 Å². The number of amides is 1. The van der Waals surface area contributed by atoms with E-state index in [-0.39, 0.29) is 6.54 Å². The number of hydrogen-bond acceptors (Lipinski definition) is 4. The minimum atomic E-state index is -1.26. The van der Waals surface area contributed by atoms with Crippen LogP contribution < -0.4 is 5.32 Å². The highest BCUT2D eigenvalue weighted by Crippen LogP contribution is 2.30. The highest BCUT2D eigenvalue weighted by molar-refractivity contribution is 9.10. The zero-order chi connectivity index (χ0) is 17.7. The van der Waals surface area contributed by atoms with Crippen molar-refractivity contribution < 1.29 is 24.6 Å². The maximum Gasteiger partial charge on any atom is 0.323 e. The van der Waals surface area contributed by atoms with Gasteiger partial charge in [-0.25, -0.2) is 0 Å². The van der Waals surface area contributed by atoms with Gasteiger partial charge in [0.2, 0.25) is 5.91 Å². The van der Waals surface area contributed by atoms with Crippen molar-refractivity contribution in [2.24, 2.45) is 0 Å². The molecule has 0 saturated carbocycles. The Morgan fingerprint density at radius 1 is 1.09 bits per heavy atom. The maximum absolute atomic E-state index is 12.1. The van der Waals surface area contributed by atoms with E-state index in [1.165, 1.54) is 0 Å². The second-order valence-electron chi connectivity index (χ2n) is 5.22. The Bertz CT molecular complexity index is 629. The van der Waals surface area contributed by atoms with Gasteiger partial charge in [-0.2, -0.15) is 0 Å². The van der Waals surface area contributed by atoms with Crippen LogP contribution in [-0.2, 0) is 14.4 Å². The lowest BCUT2D eigenvalue weighted by molar-refractivity contribution is -0.148. The Morgan fingerprint density at radius 3 is 2.09 bits per heavy atom. The van der Waals surface area contributed by atoms with Crippen molar-refractivity contribution in [1.29, 1.82) is 0 Å². The van der Waals surface area contributed by atoms with Crippen LogP contribution >= 0.6 is 15.9 Å². The van der Waals surface area contributed by atoms with Crippen molar-refractivity contribution in [3.8, 4) is 0 Å². The fourth-order valence-corrected chi connectivity index (χ4v) is 2.58. The number of carboxylic acids is 2. The molecule has 1 aromatic rings. The Labute approximate surface area is 142 Å². The number of nitrogens with zero attached hydrogens (tertiary/aromatic N) is 1. The summed E-state index contributed by atoms with van der Waals surface area (Å²) in [5.74, 6) is -3.11. The molecule has 0 spiro atoms. The van der Waals surface area contributed by atoms with Crippen LogP contribution in [0.25, 0.3) is 0 Å². The summed E-state index contributed by atoms with van der Waals surface area (Å²) in [6.45, 7) is 4.26. The molecule has 0 aliphatic rings. The molecule has 23 heavy (non-hydrogen) atoms. The molecule has 0 atom stereocenters. The third-order valence-electron chi connectivity index (χ3n) is 3.30. The molecule has 1 rings (SSSR count). The van der Waals surface area contributed by atoms with Crippen LogP contribution in [0, 0.1) is 20.8 Å². The van der Waals surface area contributed by atoms with E-state index in [1.54, 1.807) is 0 Å². The second-order valence-corrected chi connectivity index (χ2v) is 6.01. The molecule has 0 aromatic heterocycles. The standard InChI is InChI=1S/C15H19BrN2O5/c1-8-4-9(2)15(10(3)14(8)16)17-5-11(19)18(6-12(20)21)7-13(22)23/h4,17H,5-7H2,1-3H3,(H,20,21)(H,22,23). The summed E-state index contributed by atoms with van der Waals surface area (Å²) in [5.41, 5.74) is 3.70. The van der Waals surface area contributed by atoms with Crippen molar-refractivity contribution in [1.82, 2.24) is 4.90 Å². The summed E-state index contributed by atoms with van der Waals surface area (Å²) in [6.07, 6.45) is 0. The van der Waals surface area contributed by atoms with Gasteiger partial charge in [0.1, 0.15) is 13.1 Å². The monoisotopic (exact) mass is 386 g/mol. The number of anilines is 1. The first-order chi connectivity index (χ1) is 10.6. The van der Waals surface area contributed by atoms with E-state index in [1.807, 2.05) is 26.8 Å². The number of aliphatic carboxylic acids is 2. The molecule has 0 bridgehead atoms. The summed E-state index contributed by atoms with van der Waals surface area (Å²) in [4.78, 5) is 34.4. The number of nitrogens with one attached hydrogen (secondary N) is 1. The predicted molar refractivity (Wildman–Crippen MR) is 88.7 cm³/mol. The van der Waals surface area contributed by atoms with Gasteiger partial charge >= 0.3 is 11.9 Å². The number of carbonyl (C=O) groups excluding carboxylic acids is 1. The summed E-state index contributed by atoms with van der Waals surface area (Å²) >= 11 is 3.47. The Balaban J connectivity index is 2.87. The smallest absolute Gasteiger partial charge is 0.323 e. The fraction of sp³-hybridized carbons (Fsp3) is 0.400. The van der Waals surface area contributed by atoms with Gasteiger partial charge in [0.05, 0.1) is 6.54 Å². The molecule has 0 saturated heterocycles. The molecule has 0 radical (unpaired) electrons. The first-order valence-electron chi connectivity index (χ1n) is 6.85. The summed E-state index contributed by atoms with van der Waals surface area (Å²) < 4.78 is 0.922. The highest BCUT2D eigenvalue weighted by Gasteiger charge is 2.20.